The number of aryl methyl sites for hydroxylation is 1. The van der Waals surface area contributed by atoms with Crippen molar-refractivity contribution in [3.63, 3.8) is 0 Å². The molecule has 2 aliphatic carbocycles. The quantitative estimate of drug-likeness (QED) is 0.752. The Bertz CT molecular complexity index is 667. The van der Waals surface area contributed by atoms with Crippen LogP contribution in [0.1, 0.15) is 50.1 Å². The van der Waals surface area contributed by atoms with Crippen molar-refractivity contribution < 1.29 is 9.53 Å². The molecule has 1 aromatic rings. The maximum Gasteiger partial charge on any atom is 0.248 e. The van der Waals surface area contributed by atoms with E-state index in [4.69, 9.17) is 4.74 Å². The predicted molar refractivity (Wildman–Crippen MR) is 109 cm³/mol. The lowest BCUT2D eigenvalue weighted by molar-refractivity contribution is -0.138. The van der Waals surface area contributed by atoms with Gasteiger partial charge in [0, 0.05) is 39.9 Å². The van der Waals surface area contributed by atoms with Crippen molar-refractivity contribution in [3.8, 4) is 0 Å². The molecule has 2 saturated carbocycles. The summed E-state index contributed by atoms with van der Waals surface area (Å²) in [6.07, 6.45) is 11.9. The summed E-state index contributed by atoms with van der Waals surface area (Å²) in [6.45, 7) is 5.95. The minimum atomic E-state index is 0.0341. The molecule has 0 radical (unpaired) electrons. The summed E-state index contributed by atoms with van der Waals surface area (Å²) >= 11 is 0. The molecule has 1 saturated heterocycles. The van der Waals surface area contributed by atoms with Gasteiger partial charge >= 0.3 is 0 Å². The van der Waals surface area contributed by atoms with Gasteiger partial charge in [-0.25, -0.2) is 0 Å². The molecule has 3 fully saturated rings. The zero-order valence-corrected chi connectivity index (χ0v) is 17.7. The lowest BCUT2D eigenvalue weighted by Crippen LogP contribution is -2.40. The highest BCUT2D eigenvalue weighted by Crippen LogP contribution is 2.43. The van der Waals surface area contributed by atoms with E-state index >= 15 is 0 Å². The van der Waals surface area contributed by atoms with Crippen LogP contribution in [0.5, 0.6) is 0 Å². The molecule has 0 N–H and O–H groups in total. The Balaban J connectivity index is 1.43. The molecular formula is C22H36N4O2. The van der Waals surface area contributed by atoms with Gasteiger partial charge < -0.3 is 14.5 Å². The number of likely N-dealkylation sites (N-methyl/N-ethyl adjacent to an activating group) is 1. The van der Waals surface area contributed by atoms with Gasteiger partial charge in [0.2, 0.25) is 5.91 Å². The molecule has 6 heteroatoms. The third-order valence-corrected chi connectivity index (χ3v) is 7.14. The summed E-state index contributed by atoms with van der Waals surface area (Å²) in [6, 6.07) is 0.233. The lowest BCUT2D eigenvalue weighted by atomic mass is 9.77. The van der Waals surface area contributed by atoms with Gasteiger partial charge in [0.25, 0.3) is 0 Å². The average molecular weight is 389 g/mol. The lowest BCUT2D eigenvalue weighted by Gasteiger charge is -2.38. The highest BCUT2D eigenvalue weighted by Gasteiger charge is 2.44. The smallest absolute Gasteiger partial charge is 0.248 e. The highest BCUT2D eigenvalue weighted by molar-refractivity contribution is 5.76. The van der Waals surface area contributed by atoms with Gasteiger partial charge in [0.05, 0.1) is 18.3 Å². The van der Waals surface area contributed by atoms with E-state index in [1.54, 1.807) is 19.0 Å². The van der Waals surface area contributed by atoms with E-state index in [9.17, 15) is 4.79 Å². The Kier molecular flexibility index (Phi) is 6.07. The number of carbonyl (C=O) groups excluding carboxylic acids is 1. The number of fused-ring (bicyclic) bond motifs is 1. The van der Waals surface area contributed by atoms with E-state index in [2.05, 4.69) is 27.8 Å². The second kappa shape index (κ2) is 8.54. The van der Waals surface area contributed by atoms with E-state index in [0.717, 1.165) is 24.7 Å². The molecular weight excluding hydrogens is 352 g/mol. The Hall–Kier alpha value is -1.40. The molecule has 0 spiro atoms. The van der Waals surface area contributed by atoms with Crippen LogP contribution >= 0.6 is 0 Å². The number of hydrogen-bond donors (Lipinski definition) is 0. The monoisotopic (exact) mass is 388 g/mol. The Morgan fingerprint density at radius 1 is 1.21 bits per heavy atom. The number of carbonyl (C=O) groups is 1. The number of rotatable bonds is 6. The number of amides is 1. The van der Waals surface area contributed by atoms with Gasteiger partial charge in [-0.15, -0.1) is 0 Å². The van der Waals surface area contributed by atoms with Crippen LogP contribution in [-0.4, -0.2) is 71.9 Å². The second-order valence-electron chi connectivity index (χ2n) is 9.56. The summed E-state index contributed by atoms with van der Waals surface area (Å²) in [7, 11) is 3.57. The summed E-state index contributed by atoms with van der Waals surface area (Å²) in [5.41, 5.74) is 1.18. The fourth-order valence-corrected chi connectivity index (χ4v) is 5.57. The maximum absolute atomic E-state index is 12.1. The normalized spacial score (nSPS) is 31.2. The maximum atomic E-state index is 12.1. The first-order chi connectivity index (χ1) is 13.5. The van der Waals surface area contributed by atoms with Crippen LogP contribution in [0.4, 0.5) is 0 Å². The van der Waals surface area contributed by atoms with Gasteiger partial charge in [-0.3, -0.25) is 9.48 Å². The number of hydrogen-bond acceptors (Lipinski definition) is 4. The van der Waals surface area contributed by atoms with Crippen molar-refractivity contribution in [1.29, 1.82) is 0 Å². The minimum absolute atomic E-state index is 0.0341. The first-order valence-corrected chi connectivity index (χ1v) is 11.0. The minimum Gasteiger partial charge on any atom is -0.366 e. The van der Waals surface area contributed by atoms with Crippen LogP contribution < -0.4 is 0 Å². The molecule has 6 nitrogen and oxygen atoms in total. The van der Waals surface area contributed by atoms with Gasteiger partial charge in [-0.2, -0.15) is 5.10 Å². The molecule has 0 unspecified atom stereocenters. The molecule has 1 amide bonds. The molecule has 1 aromatic heterocycles. The zero-order valence-electron chi connectivity index (χ0n) is 17.7. The first-order valence-electron chi connectivity index (χ1n) is 11.0. The number of nitrogens with zero attached hydrogens (tertiary/aromatic N) is 4. The van der Waals surface area contributed by atoms with E-state index in [1.807, 2.05) is 6.20 Å². The predicted octanol–water partition coefficient (Wildman–Crippen LogP) is 2.74. The second-order valence-corrected chi connectivity index (χ2v) is 9.56. The van der Waals surface area contributed by atoms with Gasteiger partial charge in [0.15, 0.2) is 0 Å². The van der Waals surface area contributed by atoms with Gasteiger partial charge in [0.1, 0.15) is 6.61 Å². The van der Waals surface area contributed by atoms with Crippen LogP contribution in [0.25, 0.3) is 0 Å². The molecule has 156 valence electrons. The summed E-state index contributed by atoms with van der Waals surface area (Å²) in [5, 5.41) is 4.60. The van der Waals surface area contributed by atoms with E-state index in [1.165, 1.54) is 50.9 Å². The van der Waals surface area contributed by atoms with E-state index in [0.29, 0.717) is 5.92 Å². The number of ether oxygens (including phenoxy) is 1. The standard InChI is InChI=1S/C22H36N4O2/c1-16-10-23-26(11-16)20-8-18-13-25(12-17-6-4-5-7-17)14-19(18)9-21(20)28-15-22(27)24(2)3/h10-11,17-21H,4-9,12-15H2,1-3H3/t18-,19+,20-,21-/m0/s1. The fourth-order valence-electron chi connectivity index (χ4n) is 5.57. The number of likely N-dealkylation sites (tertiary alicyclic amines) is 1. The summed E-state index contributed by atoms with van der Waals surface area (Å²) in [5.74, 6) is 2.36. The average Bonchev–Trinajstić information content (AvgIpc) is 3.39. The third-order valence-electron chi connectivity index (χ3n) is 7.14. The first kappa shape index (κ1) is 19.9. The Morgan fingerprint density at radius 2 is 1.93 bits per heavy atom. The topological polar surface area (TPSA) is 50.6 Å². The van der Waals surface area contributed by atoms with Gasteiger partial charge in [-0.1, -0.05) is 12.8 Å². The molecule has 0 aromatic carbocycles. The molecule has 3 aliphatic rings. The summed E-state index contributed by atoms with van der Waals surface area (Å²) in [4.78, 5) is 16.4. The van der Waals surface area contributed by atoms with Crippen molar-refractivity contribution in [2.24, 2.45) is 17.8 Å². The van der Waals surface area contributed by atoms with Crippen molar-refractivity contribution in [2.75, 3.05) is 40.3 Å². The molecule has 1 aliphatic heterocycles. The van der Waals surface area contributed by atoms with Crippen molar-refractivity contribution in [1.82, 2.24) is 19.6 Å². The fraction of sp³-hybridized carbons (Fsp3) is 0.818. The van der Waals surface area contributed by atoms with Crippen molar-refractivity contribution in [3.05, 3.63) is 18.0 Å². The van der Waals surface area contributed by atoms with E-state index in [-0.39, 0.29) is 24.7 Å². The van der Waals surface area contributed by atoms with E-state index < -0.39 is 0 Å². The largest absolute Gasteiger partial charge is 0.366 e. The Labute approximate surface area is 169 Å². The highest BCUT2D eigenvalue weighted by atomic mass is 16.5. The van der Waals surface area contributed by atoms with Crippen LogP contribution in [0, 0.1) is 24.7 Å². The van der Waals surface area contributed by atoms with Crippen LogP contribution in [0.3, 0.4) is 0 Å². The van der Waals surface area contributed by atoms with Crippen LogP contribution in [0.15, 0.2) is 12.4 Å². The Morgan fingerprint density at radius 3 is 2.57 bits per heavy atom. The van der Waals surface area contributed by atoms with Crippen molar-refractivity contribution in [2.45, 2.75) is 57.6 Å². The molecule has 28 heavy (non-hydrogen) atoms. The molecule has 2 heterocycles. The molecule has 4 rings (SSSR count). The van der Waals surface area contributed by atoms with Gasteiger partial charge in [-0.05, 0) is 55.9 Å². The van der Waals surface area contributed by atoms with Crippen molar-refractivity contribution >= 4 is 5.91 Å². The third kappa shape index (κ3) is 4.43. The zero-order chi connectivity index (χ0) is 19.7. The van der Waals surface area contributed by atoms with Crippen LogP contribution in [-0.2, 0) is 9.53 Å². The number of aromatic nitrogens is 2. The molecule has 0 bridgehead atoms. The van der Waals surface area contributed by atoms with Crippen LogP contribution in [0.2, 0.25) is 0 Å². The summed E-state index contributed by atoms with van der Waals surface area (Å²) < 4.78 is 8.28. The SMILES string of the molecule is Cc1cnn([C@H]2C[C@H]3CN(CC4CCCC4)C[C@H]3C[C@@H]2OCC(=O)N(C)C)c1. The molecule has 4 atom stereocenters.